The number of benzene rings is 2. The third-order valence-corrected chi connectivity index (χ3v) is 4.05. The SMILES string of the molecule is Cc1cc(OCc2ccc(N)cc2)cc(C)c1Br. The van der Waals surface area contributed by atoms with E-state index in [0.29, 0.717) is 6.61 Å². The fourth-order valence-electron chi connectivity index (χ4n) is 1.77. The van der Waals surface area contributed by atoms with Crippen LogP contribution in [0.15, 0.2) is 40.9 Å². The van der Waals surface area contributed by atoms with Crippen LogP contribution in [0.4, 0.5) is 5.69 Å². The minimum absolute atomic E-state index is 0.556. The highest BCUT2D eigenvalue weighted by Crippen LogP contribution is 2.26. The standard InChI is InChI=1S/C15H16BrNO/c1-10-7-14(8-11(2)15(10)16)18-9-12-3-5-13(17)6-4-12/h3-8H,9,17H2,1-2H3. The molecule has 0 saturated heterocycles. The topological polar surface area (TPSA) is 35.2 Å². The van der Waals surface area contributed by atoms with Crippen LogP contribution in [0.25, 0.3) is 0 Å². The van der Waals surface area contributed by atoms with E-state index in [1.54, 1.807) is 0 Å². The summed E-state index contributed by atoms with van der Waals surface area (Å²) in [5.74, 6) is 0.894. The number of hydrogen-bond acceptors (Lipinski definition) is 2. The molecular weight excluding hydrogens is 290 g/mol. The summed E-state index contributed by atoms with van der Waals surface area (Å²) in [5, 5.41) is 0. The predicted molar refractivity (Wildman–Crippen MR) is 78.8 cm³/mol. The van der Waals surface area contributed by atoms with Gasteiger partial charge in [0.15, 0.2) is 0 Å². The van der Waals surface area contributed by atoms with Crippen LogP contribution in [-0.4, -0.2) is 0 Å². The van der Waals surface area contributed by atoms with Gasteiger partial charge in [0.05, 0.1) is 0 Å². The Morgan fingerprint density at radius 1 is 1.06 bits per heavy atom. The van der Waals surface area contributed by atoms with Crippen molar-refractivity contribution in [2.75, 3.05) is 5.73 Å². The molecule has 0 spiro atoms. The third kappa shape index (κ3) is 3.05. The molecule has 0 atom stereocenters. The minimum atomic E-state index is 0.556. The molecule has 2 N–H and O–H groups in total. The van der Waals surface area contributed by atoms with Gasteiger partial charge in [0.1, 0.15) is 12.4 Å². The van der Waals surface area contributed by atoms with E-state index in [4.69, 9.17) is 10.5 Å². The van der Waals surface area contributed by atoms with Gasteiger partial charge in [-0.15, -0.1) is 0 Å². The first-order chi connectivity index (χ1) is 8.56. The van der Waals surface area contributed by atoms with E-state index in [1.165, 1.54) is 11.1 Å². The van der Waals surface area contributed by atoms with Crippen LogP contribution in [0.5, 0.6) is 5.75 Å². The fraction of sp³-hybridized carbons (Fsp3) is 0.200. The summed E-state index contributed by atoms with van der Waals surface area (Å²) in [7, 11) is 0. The lowest BCUT2D eigenvalue weighted by Gasteiger charge is -2.10. The molecule has 0 unspecified atom stereocenters. The van der Waals surface area contributed by atoms with Gasteiger partial charge in [0, 0.05) is 10.2 Å². The van der Waals surface area contributed by atoms with Gasteiger partial charge < -0.3 is 10.5 Å². The van der Waals surface area contributed by atoms with Gasteiger partial charge in [0.2, 0.25) is 0 Å². The molecule has 2 rings (SSSR count). The average Bonchev–Trinajstić information content (AvgIpc) is 2.35. The number of ether oxygens (including phenoxy) is 1. The van der Waals surface area contributed by atoms with E-state index in [9.17, 15) is 0 Å². The number of rotatable bonds is 3. The van der Waals surface area contributed by atoms with E-state index in [1.807, 2.05) is 36.4 Å². The van der Waals surface area contributed by atoms with Crippen LogP contribution in [0.2, 0.25) is 0 Å². The summed E-state index contributed by atoms with van der Waals surface area (Å²) < 4.78 is 6.93. The van der Waals surface area contributed by atoms with Crippen LogP contribution < -0.4 is 10.5 Å². The Morgan fingerprint density at radius 3 is 2.17 bits per heavy atom. The van der Waals surface area contributed by atoms with Crippen molar-refractivity contribution in [3.63, 3.8) is 0 Å². The number of aryl methyl sites for hydroxylation is 2. The molecule has 2 aromatic carbocycles. The molecule has 0 aromatic heterocycles. The van der Waals surface area contributed by atoms with Crippen molar-refractivity contribution in [2.45, 2.75) is 20.5 Å². The molecule has 0 amide bonds. The Bertz CT molecular complexity index is 526. The van der Waals surface area contributed by atoms with Crippen molar-refractivity contribution >= 4 is 21.6 Å². The van der Waals surface area contributed by atoms with Crippen LogP contribution in [0.1, 0.15) is 16.7 Å². The molecule has 0 aliphatic carbocycles. The Balaban J connectivity index is 2.08. The quantitative estimate of drug-likeness (QED) is 0.861. The molecule has 94 valence electrons. The molecular formula is C15H16BrNO. The number of nitrogens with two attached hydrogens (primary N) is 1. The second-order valence-corrected chi connectivity index (χ2v) is 5.19. The van der Waals surface area contributed by atoms with Crippen molar-refractivity contribution in [2.24, 2.45) is 0 Å². The van der Waals surface area contributed by atoms with Gasteiger partial charge in [0.25, 0.3) is 0 Å². The molecule has 3 heteroatoms. The highest BCUT2D eigenvalue weighted by atomic mass is 79.9. The fourth-order valence-corrected chi connectivity index (χ4v) is 2.00. The highest BCUT2D eigenvalue weighted by molar-refractivity contribution is 9.10. The molecule has 0 aliphatic heterocycles. The van der Waals surface area contributed by atoms with Gasteiger partial charge >= 0.3 is 0 Å². The molecule has 2 nitrogen and oxygen atoms in total. The maximum atomic E-state index is 5.79. The van der Waals surface area contributed by atoms with Crippen molar-refractivity contribution in [1.29, 1.82) is 0 Å². The van der Waals surface area contributed by atoms with E-state index < -0.39 is 0 Å². The van der Waals surface area contributed by atoms with Gasteiger partial charge in [-0.25, -0.2) is 0 Å². The lowest BCUT2D eigenvalue weighted by atomic mass is 10.1. The Morgan fingerprint density at radius 2 is 1.61 bits per heavy atom. The van der Waals surface area contributed by atoms with Crippen molar-refractivity contribution < 1.29 is 4.74 Å². The van der Waals surface area contributed by atoms with Crippen LogP contribution in [0, 0.1) is 13.8 Å². The molecule has 2 aromatic rings. The predicted octanol–water partition coefficient (Wildman–Crippen LogP) is 4.23. The van der Waals surface area contributed by atoms with Gasteiger partial charge in [-0.1, -0.05) is 28.1 Å². The molecule has 0 radical (unpaired) electrons. The number of halogens is 1. The normalized spacial score (nSPS) is 10.4. The van der Waals surface area contributed by atoms with Gasteiger partial charge in [-0.05, 0) is 54.8 Å². The van der Waals surface area contributed by atoms with Crippen LogP contribution in [0.3, 0.4) is 0 Å². The lowest BCUT2D eigenvalue weighted by molar-refractivity contribution is 0.306. The Labute approximate surface area is 116 Å². The zero-order valence-corrected chi connectivity index (χ0v) is 12.1. The number of anilines is 1. The zero-order valence-electron chi connectivity index (χ0n) is 10.5. The summed E-state index contributed by atoms with van der Waals surface area (Å²) in [5.41, 5.74) is 9.90. The van der Waals surface area contributed by atoms with Crippen molar-refractivity contribution in [1.82, 2.24) is 0 Å². The first-order valence-electron chi connectivity index (χ1n) is 5.80. The number of nitrogen functional groups attached to an aromatic ring is 1. The summed E-state index contributed by atoms with van der Waals surface area (Å²) in [4.78, 5) is 0. The maximum absolute atomic E-state index is 5.79. The maximum Gasteiger partial charge on any atom is 0.120 e. The Hall–Kier alpha value is -1.48. The van der Waals surface area contributed by atoms with Crippen molar-refractivity contribution in [3.8, 4) is 5.75 Å². The second kappa shape index (κ2) is 5.44. The van der Waals surface area contributed by atoms with E-state index in [2.05, 4.69) is 29.8 Å². The largest absolute Gasteiger partial charge is 0.489 e. The zero-order chi connectivity index (χ0) is 13.1. The van der Waals surface area contributed by atoms with Crippen LogP contribution in [-0.2, 0) is 6.61 Å². The molecule has 0 saturated carbocycles. The average molecular weight is 306 g/mol. The first kappa shape index (κ1) is 13.0. The van der Waals surface area contributed by atoms with E-state index in [-0.39, 0.29) is 0 Å². The summed E-state index contributed by atoms with van der Waals surface area (Å²) in [6, 6.07) is 11.8. The third-order valence-electron chi connectivity index (χ3n) is 2.80. The molecule has 0 aliphatic rings. The first-order valence-corrected chi connectivity index (χ1v) is 6.59. The summed E-state index contributed by atoms with van der Waals surface area (Å²) >= 11 is 3.55. The molecule has 0 bridgehead atoms. The second-order valence-electron chi connectivity index (χ2n) is 4.40. The summed E-state index contributed by atoms with van der Waals surface area (Å²) in [6.45, 7) is 4.68. The van der Waals surface area contributed by atoms with E-state index in [0.717, 1.165) is 21.5 Å². The monoisotopic (exact) mass is 305 g/mol. The van der Waals surface area contributed by atoms with Gasteiger partial charge in [-0.2, -0.15) is 0 Å². The summed E-state index contributed by atoms with van der Waals surface area (Å²) in [6.07, 6.45) is 0. The number of hydrogen-bond donors (Lipinski definition) is 1. The smallest absolute Gasteiger partial charge is 0.120 e. The molecule has 0 fully saturated rings. The van der Waals surface area contributed by atoms with Gasteiger partial charge in [-0.3, -0.25) is 0 Å². The molecule has 18 heavy (non-hydrogen) atoms. The van der Waals surface area contributed by atoms with Crippen molar-refractivity contribution in [3.05, 3.63) is 57.6 Å². The molecule has 0 heterocycles. The minimum Gasteiger partial charge on any atom is -0.489 e. The Kier molecular flexibility index (Phi) is 3.92. The highest BCUT2D eigenvalue weighted by Gasteiger charge is 2.03. The van der Waals surface area contributed by atoms with E-state index >= 15 is 0 Å². The lowest BCUT2D eigenvalue weighted by Crippen LogP contribution is -1.97. The van der Waals surface area contributed by atoms with Crippen LogP contribution >= 0.6 is 15.9 Å².